The van der Waals surface area contributed by atoms with Crippen molar-refractivity contribution >= 4 is 24.3 Å². The van der Waals surface area contributed by atoms with Crippen LogP contribution in [0.2, 0.25) is 0 Å². The highest BCUT2D eigenvalue weighted by atomic mass is 35.5. The minimum absolute atomic E-state index is 0. The zero-order chi connectivity index (χ0) is 13.4. The maximum absolute atomic E-state index is 11.6. The van der Waals surface area contributed by atoms with E-state index in [1.54, 1.807) is 0 Å². The van der Waals surface area contributed by atoms with E-state index < -0.39 is 24.0 Å². The number of amides is 1. The Balaban J connectivity index is 0. The van der Waals surface area contributed by atoms with Crippen LogP contribution >= 0.6 is 12.4 Å². The van der Waals surface area contributed by atoms with E-state index in [2.05, 4.69) is 16.0 Å². The van der Waals surface area contributed by atoms with Gasteiger partial charge in [0.2, 0.25) is 5.91 Å². The van der Waals surface area contributed by atoms with E-state index in [1.165, 1.54) is 7.11 Å². The molecule has 0 saturated carbocycles. The Morgan fingerprint density at radius 3 is 2.39 bits per heavy atom. The molecular weight excluding hydrogens is 256 g/mol. The van der Waals surface area contributed by atoms with Crippen molar-refractivity contribution in [2.75, 3.05) is 7.11 Å². The number of terminal acetylenes is 1. The molecule has 0 aliphatic carbocycles. The first kappa shape index (κ1) is 19.1. The smallest absolute Gasteiger partial charge is 0.328 e. The molecule has 104 valence electrons. The average Bonchev–Trinajstić information content (AvgIpc) is 2.26. The predicted molar refractivity (Wildman–Crippen MR) is 72.1 cm³/mol. The summed E-state index contributed by atoms with van der Waals surface area (Å²) in [6.07, 6.45) is 5.70. The van der Waals surface area contributed by atoms with E-state index >= 15 is 0 Å². The monoisotopic (exact) mass is 276 g/mol. The molecule has 0 unspecified atom stereocenters. The van der Waals surface area contributed by atoms with Crippen LogP contribution in [-0.2, 0) is 14.3 Å². The van der Waals surface area contributed by atoms with Gasteiger partial charge in [0.05, 0.1) is 13.2 Å². The summed E-state index contributed by atoms with van der Waals surface area (Å²) >= 11 is 0. The lowest BCUT2D eigenvalue weighted by Gasteiger charge is -2.19. The van der Waals surface area contributed by atoms with Gasteiger partial charge in [-0.05, 0) is 12.3 Å². The van der Waals surface area contributed by atoms with Gasteiger partial charge in [0.1, 0.15) is 6.04 Å². The van der Waals surface area contributed by atoms with Crippen molar-refractivity contribution in [3.05, 3.63) is 0 Å². The number of halogens is 1. The molecule has 0 heterocycles. The molecular formula is C12H21ClN2O3. The normalized spacial score (nSPS) is 12.9. The maximum atomic E-state index is 11.6. The first-order valence-electron chi connectivity index (χ1n) is 5.49. The van der Waals surface area contributed by atoms with Crippen molar-refractivity contribution in [1.82, 2.24) is 5.32 Å². The molecule has 18 heavy (non-hydrogen) atoms. The third-order valence-electron chi connectivity index (χ3n) is 2.18. The summed E-state index contributed by atoms with van der Waals surface area (Å²) < 4.78 is 4.62. The van der Waals surface area contributed by atoms with E-state index in [0.29, 0.717) is 6.42 Å². The Bertz CT molecular complexity index is 313. The summed E-state index contributed by atoms with van der Waals surface area (Å²) in [4.78, 5) is 23.1. The number of esters is 1. The van der Waals surface area contributed by atoms with Crippen LogP contribution in [0.4, 0.5) is 0 Å². The number of hydrogen-bond donors (Lipinski definition) is 2. The van der Waals surface area contributed by atoms with Gasteiger partial charge in [-0.15, -0.1) is 24.8 Å². The van der Waals surface area contributed by atoms with E-state index in [1.807, 2.05) is 13.8 Å². The predicted octanol–water partition coefficient (Wildman–Crippen LogP) is 0.463. The second-order valence-electron chi connectivity index (χ2n) is 4.23. The second kappa shape index (κ2) is 9.75. The Morgan fingerprint density at radius 1 is 1.44 bits per heavy atom. The lowest BCUT2D eigenvalue weighted by molar-refractivity contribution is -0.145. The van der Waals surface area contributed by atoms with Gasteiger partial charge in [-0.25, -0.2) is 4.79 Å². The largest absolute Gasteiger partial charge is 0.467 e. The Labute approximate surface area is 114 Å². The zero-order valence-electron chi connectivity index (χ0n) is 10.9. The molecule has 2 atom stereocenters. The molecule has 1 amide bonds. The molecule has 0 aliphatic rings. The van der Waals surface area contributed by atoms with Crippen LogP contribution in [0.25, 0.3) is 0 Å². The van der Waals surface area contributed by atoms with Crippen molar-refractivity contribution in [1.29, 1.82) is 0 Å². The van der Waals surface area contributed by atoms with Crippen LogP contribution in [0, 0.1) is 18.3 Å². The maximum Gasteiger partial charge on any atom is 0.328 e. The SMILES string of the molecule is C#CC[C@H](N)C(=O)N[C@@H](CC(C)C)C(=O)OC.Cl. The van der Waals surface area contributed by atoms with Gasteiger partial charge in [-0.2, -0.15) is 0 Å². The highest BCUT2D eigenvalue weighted by Gasteiger charge is 2.24. The lowest BCUT2D eigenvalue weighted by Crippen LogP contribution is -2.49. The number of carbonyl (C=O) groups excluding carboxylic acids is 2. The molecule has 0 aromatic rings. The Hall–Kier alpha value is -1.25. The number of rotatable bonds is 6. The molecule has 0 rings (SSSR count). The van der Waals surface area contributed by atoms with Gasteiger partial charge in [0.25, 0.3) is 0 Å². The first-order valence-corrected chi connectivity index (χ1v) is 5.49. The molecule has 0 saturated heterocycles. The van der Waals surface area contributed by atoms with E-state index in [0.717, 1.165) is 0 Å². The summed E-state index contributed by atoms with van der Waals surface area (Å²) in [5.41, 5.74) is 5.54. The molecule has 0 bridgehead atoms. The van der Waals surface area contributed by atoms with Gasteiger partial charge in [-0.3, -0.25) is 4.79 Å². The topological polar surface area (TPSA) is 81.4 Å². The fourth-order valence-corrected chi connectivity index (χ4v) is 1.33. The zero-order valence-corrected chi connectivity index (χ0v) is 11.8. The molecule has 3 N–H and O–H groups in total. The molecule has 0 aromatic carbocycles. The quantitative estimate of drug-likeness (QED) is 0.546. The van der Waals surface area contributed by atoms with Crippen molar-refractivity contribution in [3.63, 3.8) is 0 Å². The summed E-state index contributed by atoms with van der Waals surface area (Å²) in [5.74, 6) is 1.65. The first-order chi connectivity index (χ1) is 7.92. The number of ether oxygens (including phenoxy) is 1. The number of hydrogen-bond acceptors (Lipinski definition) is 4. The van der Waals surface area contributed by atoms with Crippen LogP contribution in [-0.4, -0.2) is 31.1 Å². The third kappa shape index (κ3) is 7.15. The molecule has 5 nitrogen and oxygen atoms in total. The van der Waals surface area contributed by atoms with Crippen LogP contribution < -0.4 is 11.1 Å². The van der Waals surface area contributed by atoms with Gasteiger partial charge < -0.3 is 15.8 Å². The molecule has 0 spiro atoms. The Kier molecular flexibility index (Phi) is 10.3. The van der Waals surface area contributed by atoms with Gasteiger partial charge in [0.15, 0.2) is 0 Å². The van der Waals surface area contributed by atoms with Gasteiger partial charge in [0, 0.05) is 6.42 Å². The molecule has 0 radical (unpaired) electrons. The number of nitrogens with one attached hydrogen (secondary N) is 1. The van der Waals surface area contributed by atoms with Crippen LogP contribution in [0.5, 0.6) is 0 Å². The fourth-order valence-electron chi connectivity index (χ4n) is 1.33. The van der Waals surface area contributed by atoms with Crippen LogP contribution in [0.1, 0.15) is 26.7 Å². The van der Waals surface area contributed by atoms with E-state index in [9.17, 15) is 9.59 Å². The summed E-state index contributed by atoms with van der Waals surface area (Å²) in [5, 5.41) is 2.55. The standard InChI is InChI=1S/C12H20N2O3.ClH/c1-5-6-9(13)11(15)14-10(7-8(2)3)12(16)17-4;/h1,8-10H,6-7,13H2,2-4H3,(H,14,15);1H/t9-,10-;/m0./s1. The fraction of sp³-hybridized carbons (Fsp3) is 0.667. The molecule has 0 aromatic heterocycles. The second-order valence-corrected chi connectivity index (χ2v) is 4.23. The minimum atomic E-state index is -0.792. The van der Waals surface area contributed by atoms with Gasteiger partial charge >= 0.3 is 5.97 Å². The molecule has 0 aliphatic heterocycles. The van der Waals surface area contributed by atoms with E-state index in [-0.39, 0.29) is 24.7 Å². The summed E-state index contributed by atoms with van der Waals surface area (Å²) in [7, 11) is 1.28. The van der Waals surface area contributed by atoms with Crippen molar-refractivity contribution in [2.24, 2.45) is 11.7 Å². The summed E-state index contributed by atoms with van der Waals surface area (Å²) in [6.45, 7) is 3.90. The lowest BCUT2D eigenvalue weighted by atomic mass is 10.0. The molecule has 0 fully saturated rings. The molecule has 6 heteroatoms. The van der Waals surface area contributed by atoms with Crippen LogP contribution in [0.3, 0.4) is 0 Å². The van der Waals surface area contributed by atoms with Gasteiger partial charge in [-0.1, -0.05) is 13.8 Å². The van der Waals surface area contributed by atoms with Crippen LogP contribution in [0.15, 0.2) is 0 Å². The average molecular weight is 277 g/mol. The number of methoxy groups -OCH3 is 1. The number of nitrogens with two attached hydrogens (primary N) is 1. The third-order valence-corrected chi connectivity index (χ3v) is 2.18. The highest BCUT2D eigenvalue weighted by Crippen LogP contribution is 2.06. The number of carbonyl (C=O) groups is 2. The summed E-state index contributed by atoms with van der Waals surface area (Å²) in [6, 6.07) is -1.46. The Morgan fingerprint density at radius 2 is 2.00 bits per heavy atom. The van der Waals surface area contributed by atoms with E-state index in [4.69, 9.17) is 12.2 Å². The van der Waals surface area contributed by atoms with Crippen molar-refractivity contribution in [3.8, 4) is 12.3 Å². The van der Waals surface area contributed by atoms with Crippen molar-refractivity contribution in [2.45, 2.75) is 38.8 Å². The van der Waals surface area contributed by atoms with Crippen molar-refractivity contribution < 1.29 is 14.3 Å². The highest BCUT2D eigenvalue weighted by molar-refractivity contribution is 5.87. The minimum Gasteiger partial charge on any atom is -0.467 e.